The van der Waals surface area contributed by atoms with E-state index in [2.05, 4.69) is 32.3 Å². The van der Waals surface area contributed by atoms with E-state index in [-0.39, 0.29) is 29.9 Å². The van der Waals surface area contributed by atoms with Crippen molar-refractivity contribution in [2.24, 2.45) is 10.4 Å². The molecule has 4 rings (SSSR count). The van der Waals surface area contributed by atoms with Gasteiger partial charge in [0.05, 0.1) is 12.6 Å². The zero-order valence-electron chi connectivity index (χ0n) is 18.0. The molecule has 3 saturated carbocycles. The second-order valence-electron chi connectivity index (χ2n) is 8.97. The Kier molecular flexibility index (Phi) is 8.06. The van der Waals surface area contributed by atoms with E-state index in [1.165, 1.54) is 25.7 Å². The van der Waals surface area contributed by atoms with Crippen molar-refractivity contribution in [3.05, 3.63) is 0 Å². The first-order chi connectivity index (χ1) is 13.6. The van der Waals surface area contributed by atoms with Crippen LogP contribution in [0.3, 0.4) is 0 Å². The average Bonchev–Trinajstić information content (AvgIpc) is 3.33. The molecular weight excluding hydrogens is 481 g/mol. The Labute approximate surface area is 192 Å². The molecule has 2 atom stereocenters. The molecule has 166 valence electrons. The maximum Gasteiger partial charge on any atom is 0.234 e. The maximum atomic E-state index is 12.0. The standard InChI is InChI=1S/C21H37N5O2.HI/c1-3-28-18-14-17(21(18)8-4-5-9-21)24-20(22-2)26-12-10-25(11-13-26)15-19(27)23-16-6-7-16;/h16-18H,3-15H2,1-2H3,(H,22,24)(H,23,27);1H. The minimum absolute atomic E-state index is 0. The second-order valence-corrected chi connectivity index (χ2v) is 8.97. The number of nitrogens with zero attached hydrogens (tertiary/aromatic N) is 3. The lowest BCUT2D eigenvalue weighted by molar-refractivity contribution is -0.126. The molecule has 0 aromatic rings. The van der Waals surface area contributed by atoms with Crippen molar-refractivity contribution >= 4 is 35.8 Å². The Balaban J connectivity index is 0.00000240. The van der Waals surface area contributed by atoms with E-state index in [1.807, 2.05) is 7.05 Å². The lowest BCUT2D eigenvalue weighted by Crippen LogP contribution is -2.66. The number of hydrogen-bond acceptors (Lipinski definition) is 4. The molecule has 0 bridgehead atoms. The van der Waals surface area contributed by atoms with Crippen molar-refractivity contribution in [3.8, 4) is 0 Å². The van der Waals surface area contributed by atoms with Crippen molar-refractivity contribution in [2.75, 3.05) is 46.4 Å². The number of carbonyl (C=O) groups excluding carboxylic acids is 1. The zero-order valence-corrected chi connectivity index (χ0v) is 20.3. The summed E-state index contributed by atoms with van der Waals surface area (Å²) in [7, 11) is 1.89. The monoisotopic (exact) mass is 519 g/mol. The summed E-state index contributed by atoms with van der Waals surface area (Å²) in [5, 5.41) is 6.87. The highest BCUT2D eigenvalue weighted by atomic mass is 127. The number of aliphatic imine (C=N–C) groups is 1. The van der Waals surface area contributed by atoms with Gasteiger partial charge in [0, 0.05) is 57.3 Å². The van der Waals surface area contributed by atoms with Crippen LogP contribution in [-0.2, 0) is 9.53 Å². The first-order valence-electron chi connectivity index (χ1n) is 11.3. The summed E-state index contributed by atoms with van der Waals surface area (Å²) in [5.74, 6) is 1.20. The molecule has 0 aromatic heterocycles. The summed E-state index contributed by atoms with van der Waals surface area (Å²) >= 11 is 0. The van der Waals surface area contributed by atoms with E-state index in [4.69, 9.17) is 4.74 Å². The van der Waals surface area contributed by atoms with Gasteiger partial charge in [0.2, 0.25) is 5.91 Å². The molecule has 2 unspecified atom stereocenters. The smallest absolute Gasteiger partial charge is 0.234 e. The van der Waals surface area contributed by atoms with Gasteiger partial charge in [-0.25, -0.2) is 0 Å². The van der Waals surface area contributed by atoms with Crippen LogP contribution in [0, 0.1) is 5.41 Å². The maximum absolute atomic E-state index is 12.0. The highest BCUT2D eigenvalue weighted by Gasteiger charge is 2.57. The number of amides is 1. The van der Waals surface area contributed by atoms with Crippen LogP contribution in [0.4, 0.5) is 0 Å². The van der Waals surface area contributed by atoms with Gasteiger partial charge < -0.3 is 20.3 Å². The SMILES string of the molecule is CCOC1CC(NC(=NC)N2CCN(CC(=O)NC3CC3)CC2)C12CCCC2.I. The Morgan fingerprint density at radius 3 is 2.41 bits per heavy atom. The van der Waals surface area contributed by atoms with Gasteiger partial charge in [-0.3, -0.25) is 14.7 Å². The number of rotatable bonds is 6. The van der Waals surface area contributed by atoms with Crippen molar-refractivity contribution in [2.45, 2.75) is 70.1 Å². The molecule has 2 N–H and O–H groups in total. The van der Waals surface area contributed by atoms with Crippen molar-refractivity contribution in [1.29, 1.82) is 0 Å². The third-order valence-corrected chi connectivity index (χ3v) is 7.18. The Morgan fingerprint density at radius 1 is 1.14 bits per heavy atom. The Morgan fingerprint density at radius 2 is 1.83 bits per heavy atom. The number of carbonyl (C=O) groups is 1. The number of halogens is 1. The topological polar surface area (TPSA) is 69.2 Å². The summed E-state index contributed by atoms with van der Waals surface area (Å²) in [4.78, 5) is 21.2. The Hall–Kier alpha value is -0.610. The van der Waals surface area contributed by atoms with E-state index >= 15 is 0 Å². The van der Waals surface area contributed by atoms with E-state index in [0.717, 1.165) is 58.0 Å². The first kappa shape index (κ1) is 23.1. The normalized spacial score (nSPS) is 29.3. The van der Waals surface area contributed by atoms with E-state index in [1.54, 1.807) is 0 Å². The first-order valence-corrected chi connectivity index (χ1v) is 11.3. The summed E-state index contributed by atoms with van der Waals surface area (Å²) in [6.45, 7) is 7.11. The largest absolute Gasteiger partial charge is 0.378 e. The number of ether oxygens (including phenoxy) is 1. The minimum atomic E-state index is 0. The average molecular weight is 519 g/mol. The number of guanidine groups is 1. The molecular formula is C21H38IN5O2. The van der Waals surface area contributed by atoms with Crippen LogP contribution in [0.15, 0.2) is 4.99 Å². The summed E-state index contributed by atoms with van der Waals surface area (Å²) < 4.78 is 6.05. The van der Waals surface area contributed by atoms with E-state index < -0.39 is 0 Å². The molecule has 1 spiro atoms. The second kappa shape index (κ2) is 10.1. The highest BCUT2D eigenvalue weighted by molar-refractivity contribution is 14.0. The van der Waals surface area contributed by atoms with Crippen LogP contribution in [-0.4, -0.2) is 86.2 Å². The number of piperazine rings is 1. The quantitative estimate of drug-likeness (QED) is 0.319. The predicted molar refractivity (Wildman–Crippen MR) is 126 cm³/mol. The lowest BCUT2D eigenvalue weighted by atomic mass is 9.60. The zero-order chi connectivity index (χ0) is 19.6. The molecule has 4 fully saturated rings. The molecule has 1 amide bonds. The molecule has 0 aromatic carbocycles. The number of hydrogen-bond donors (Lipinski definition) is 2. The third-order valence-electron chi connectivity index (χ3n) is 7.18. The van der Waals surface area contributed by atoms with Crippen LogP contribution < -0.4 is 10.6 Å². The van der Waals surface area contributed by atoms with Gasteiger partial charge in [0.1, 0.15) is 0 Å². The summed E-state index contributed by atoms with van der Waals surface area (Å²) in [6, 6.07) is 0.926. The Bertz CT molecular complexity index is 584. The molecule has 1 saturated heterocycles. The summed E-state index contributed by atoms with van der Waals surface area (Å²) in [5.41, 5.74) is 0.314. The fourth-order valence-corrected chi connectivity index (χ4v) is 5.36. The van der Waals surface area contributed by atoms with Gasteiger partial charge in [0.15, 0.2) is 5.96 Å². The van der Waals surface area contributed by atoms with Gasteiger partial charge >= 0.3 is 0 Å². The van der Waals surface area contributed by atoms with Crippen LogP contribution >= 0.6 is 24.0 Å². The molecule has 8 heteroatoms. The van der Waals surface area contributed by atoms with Gasteiger partial charge in [-0.05, 0) is 39.0 Å². The van der Waals surface area contributed by atoms with Crippen LogP contribution in [0.25, 0.3) is 0 Å². The van der Waals surface area contributed by atoms with Gasteiger partial charge in [-0.2, -0.15) is 0 Å². The summed E-state index contributed by atoms with van der Waals surface area (Å²) in [6.07, 6.45) is 8.99. The van der Waals surface area contributed by atoms with Crippen molar-refractivity contribution in [3.63, 3.8) is 0 Å². The predicted octanol–water partition coefficient (Wildman–Crippen LogP) is 1.81. The fourth-order valence-electron chi connectivity index (χ4n) is 5.36. The molecule has 4 aliphatic rings. The number of nitrogens with one attached hydrogen (secondary N) is 2. The molecule has 29 heavy (non-hydrogen) atoms. The van der Waals surface area contributed by atoms with Gasteiger partial charge in [0.25, 0.3) is 0 Å². The van der Waals surface area contributed by atoms with Crippen LogP contribution in [0.1, 0.15) is 51.9 Å². The molecule has 1 aliphatic heterocycles. The molecule has 3 aliphatic carbocycles. The van der Waals surface area contributed by atoms with Crippen LogP contribution in [0.5, 0.6) is 0 Å². The third kappa shape index (κ3) is 5.18. The molecule has 0 radical (unpaired) electrons. The fraction of sp³-hybridized carbons (Fsp3) is 0.905. The van der Waals surface area contributed by atoms with E-state index in [9.17, 15) is 4.79 Å². The molecule has 1 heterocycles. The van der Waals surface area contributed by atoms with E-state index in [0.29, 0.717) is 30.1 Å². The molecule has 7 nitrogen and oxygen atoms in total. The van der Waals surface area contributed by atoms with Gasteiger partial charge in [-0.1, -0.05) is 12.8 Å². The van der Waals surface area contributed by atoms with Crippen molar-refractivity contribution in [1.82, 2.24) is 20.4 Å². The van der Waals surface area contributed by atoms with Crippen LogP contribution in [0.2, 0.25) is 0 Å². The van der Waals surface area contributed by atoms with Gasteiger partial charge in [-0.15, -0.1) is 24.0 Å². The van der Waals surface area contributed by atoms with Crippen molar-refractivity contribution < 1.29 is 9.53 Å². The highest BCUT2D eigenvalue weighted by Crippen LogP contribution is 2.54. The lowest BCUT2D eigenvalue weighted by Gasteiger charge is -2.55. The minimum Gasteiger partial charge on any atom is -0.378 e.